The van der Waals surface area contributed by atoms with Gasteiger partial charge in [-0.1, -0.05) is 13.8 Å². The highest BCUT2D eigenvalue weighted by molar-refractivity contribution is 5.43. The van der Waals surface area contributed by atoms with Gasteiger partial charge >= 0.3 is 0 Å². The fourth-order valence-electron chi connectivity index (χ4n) is 1.55. The van der Waals surface area contributed by atoms with E-state index in [1.165, 1.54) is 12.1 Å². The van der Waals surface area contributed by atoms with Crippen LogP contribution in [0.25, 0.3) is 0 Å². The smallest absolute Gasteiger partial charge is 0.270 e. The van der Waals surface area contributed by atoms with Gasteiger partial charge in [0.2, 0.25) is 0 Å². The van der Waals surface area contributed by atoms with Crippen LogP contribution in [0.3, 0.4) is 0 Å². The van der Waals surface area contributed by atoms with Crippen LogP contribution in [-0.2, 0) is 6.54 Å². The molecule has 1 unspecified atom stereocenters. The predicted octanol–water partition coefficient (Wildman–Crippen LogP) is 2.24. The molecule has 1 atom stereocenters. The van der Waals surface area contributed by atoms with Crippen LogP contribution in [-0.4, -0.2) is 28.8 Å². The SMILES string of the molecule is CCNCc1cc([N+](=O)[O-])ccc1OCC(C)(O)CC. The second-order valence-electron chi connectivity index (χ2n) is 4.97. The molecule has 0 saturated heterocycles. The predicted molar refractivity (Wildman–Crippen MR) is 76.9 cm³/mol. The third kappa shape index (κ3) is 4.79. The lowest BCUT2D eigenvalue weighted by atomic mass is 10.1. The molecule has 6 heteroatoms. The van der Waals surface area contributed by atoms with Gasteiger partial charge in [0, 0.05) is 24.2 Å². The van der Waals surface area contributed by atoms with Gasteiger partial charge in [-0.15, -0.1) is 0 Å². The van der Waals surface area contributed by atoms with E-state index in [9.17, 15) is 15.2 Å². The highest BCUT2D eigenvalue weighted by Crippen LogP contribution is 2.25. The monoisotopic (exact) mass is 282 g/mol. The number of hydrogen-bond donors (Lipinski definition) is 2. The largest absolute Gasteiger partial charge is 0.490 e. The molecule has 0 amide bonds. The van der Waals surface area contributed by atoms with Crippen LogP contribution < -0.4 is 10.1 Å². The first-order valence-electron chi connectivity index (χ1n) is 6.73. The third-order valence-electron chi connectivity index (χ3n) is 3.12. The summed E-state index contributed by atoms with van der Waals surface area (Å²) in [6.45, 7) is 6.93. The van der Waals surface area contributed by atoms with Gasteiger partial charge in [-0.05, 0) is 26.0 Å². The van der Waals surface area contributed by atoms with Gasteiger partial charge in [0.25, 0.3) is 5.69 Å². The third-order valence-corrected chi connectivity index (χ3v) is 3.12. The van der Waals surface area contributed by atoms with Crippen molar-refractivity contribution in [2.75, 3.05) is 13.2 Å². The number of nitrogens with zero attached hydrogens (tertiary/aromatic N) is 1. The van der Waals surface area contributed by atoms with Crippen LogP contribution in [0.5, 0.6) is 5.75 Å². The molecule has 0 fully saturated rings. The Hall–Kier alpha value is -1.66. The van der Waals surface area contributed by atoms with Gasteiger partial charge in [-0.25, -0.2) is 0 Å². The Morgan fingerprint density at radius 1 is 1.45 bits per heavy atom. The molecule has 112 valence electrons. The normalized spacial score (nSPS) is 13.8. The van der Waals surface area contributed by atoms with Crippen molar-refractivity contribution in [2.45, 2.75) is 39.3 Å². The Labute approximate surface area is 118 Å². The van der Waals surface area contributed by atoms with Gasteiger partial charge in [-0.3, -0.25) is 10.1 Å². The average Bonchev–Trinajstić information content (AvgIpc) is 2.43. The molecule has 1 aromatic carbocycles. The summed E-state index contributed by atoms with van der Waals surface area (Å²) in [6, 6.07) is 4.49. The van der Waals surface area contributed by atoms with Crippen molar-refractivity contribution in [3.63, 3.8) is 0 Å². The molecule has 1 rings (SSSR count). The number of nitro benzene ring substituents is 1. The van der Waals surface area contributed by atoms with E-state index in [0.29, 0.717) is 24.3 Å². The summed E-state index contributed by atoms with van der Waals surface area (Å²) in [6.07, 6.45) is 0.572. The van der Waals surface area contributed by atoms with Gasteiger partial charge in [-0.2, -0.15) is 0 Å². The minimum atomic E-state index is -0.906. The van der Waals surface area contributed by atoms with E-state index < -0.39 is 10.5 Å². The van der Waals surface area contributed by atoms with E-state index >= 15 is 0 Å². The molecule has 0 aliphatic carbocycles. The summed E-state index contributed by atoms with van der Waals surface area (Å²) in [7, 11) is 0. The van der Waals surface area contributed by atoms with Crippen LogP contribution >= 0.6 is 0 Å². The van der Waals surface area contributed by atoms with E-state index in [2.05, 4.69) is 5.32 Å². The summed E-state index contributed by atoms with van der Waals surface area (Å²) in [4.78, 5) is 10.4. The van der Waals surface area contributed by atoms with E-state index in [1.54, 1.807) is 13.0 Å². The quantitative estimate of drug-likeness (QED) is 0.564. The van der Waals surface area contributed by atoms with Gasteiger partial charge in [0.15, 0.2) is 0 Å². The van der Waals surface area contributed by atoms with Crippen LogP contribution in [0.15, 0.2) is 18.2 Å². The Kier molecular flexibility index (Phi) is 5.91. The minimum Gasteiger partial charge on any atom is -0.490 e. The zero-order chi connectivity index (χ0) is 15.2. The summed E-state index contributed by atoms with van der Waals surface area (Å²) >= 11 is 0. The number of rotatable bonds is 8. The molecule has 0 spiro atoms. The number of aliphatic hydroxyl groups is 1. The van der Waals surface area contributed by atoms with E-state index in [1.807, 2.05) is 13.8 Å². The van der Waals surface area contributed by atoms with Gasteiger partial charge in [0.1, 0.15) is 12.4 Å². The van der Waals surface area contributed by atoms with Gasteiger partial charge in [0.05, 0.1) is 10.5 Å². The lowest BCUT2D eigenvalue weighted by molar-refractivity contribution is -0.384. The second kappa shape index (κ2) is 7.21. The summed E-state index contributed by atoms with van der Waals surface area (Å²) in [5.41, 5.74) is -0.155. The lowest BCUT2D eigenvalue weighted by Gasteiger charge is -2.22. The van der Waals surface area contributed by atoms with Crippen molar-refractivity contribution < 1.29 is 14.8 Å². The molecule has 0 saturated carbocycles. The molecule has 6 nitrogen and oxygen atoms in total. The number of ether oxygens (including phenoxy) is 1. The lowest BCUT2D eigenvalue weighted by Crippen LogP contribution is -2.31. The van der Waals surface area contributed by atoms with Crippen LogP contribution in [0, 0.1) is 10.1 Å². The van der Waals surface area contributed by atoms with E-state index in [0.717, 1.165) is 6.54 Å². The fraction of sp³-hybridized carbons (Fsp3) is 0.571. The first-order chi connectivity index (χ1) is 9.39. The topological polar surface area (TPSA) is 84.6 Å². The molecule has 0 aliphatic heterocycles. The number of benzene rings is 1. The standard InChI is InChI=1S/C14H22N2O4/c1-4-14(3,17)10-20-13-7-6-12(16(18)19)8-11(13)9-15-5-2/h6-8,15,17H,4-5,9-10H2,1-3H3. The molecule has 2 N–H and O–H groups in total. The van der Waals surface area contributed by atoms with Gasteiger partial charge < -0.3 is 15.2 Å². The molecule has 0 heterocycles. The fourth-order valence-corrected chi connectivity index (χ4v) is 1.55. The van der Waals surface area contributed by atoms with Crippen molar-refractivity contribution in [2.24, 2.45) is 0 Å². The Bertz CT molecular complexity index is 460. The highest BCUT2D eigenvalue weighted by atomic mass is 16.6. The van der Waals surface area contributed by atoms with Crippen LogP contribution in [0.1, 0.15) is 32.8 Å². The minimum absolute atomic E-state index is 0.0347. The van der Waals surface area contributed by atoms with Crippen molar-refractivity contribution in [1.29, 1.82) is 0 Å². The summed E-state index contributed by atoms with van der Waals surface area (Å²) in [5, 5.41) is 23.9. The average molecular weight is 282 g/mol. The van der Waals surface area contributed by atoms with Crippen LogP contribution in [0.4, 0.5) is 5.69 Å². The molecule has 0 radical (unpaired) electrons. The maximum absolute atomic E-state index is 10.8. The number of nitrogens with one attached hydrogen (secondary N) is 1. The number of non-ortho nitro benzene ring substituents is 1. The molecule has 0 bridgehead atoms. The summed E-state index contributed by atoms with van der Waals surface area (Å²) in [5.74, 6) is 0.560. The first-order valence-corrected chi connectivity index (χ1v) is 6.73. The number of nitro groups is 1. The van der Waals surface area contributed by atoms with Crippen molar-refractivity contribution >= 4 is 5.69 Å². The maximum atomic E-state index is 10.8. The molecule has 20 heavy (non-hydrogen) atoms. The van der Waals surface area contributed by atoms with E-state index in [4.69, 9.17) is 4.74 Å². The maximum Gasteiger partial charge on any atom is 0.270 e. The number of hydrogen-bond acceptors (Lipinski definition) is 5. The molecular formula is C14H22N2O4. The zero-order valence-corrected chi connectivity index (χ0v) is 12.2. The summed E-state index contributed by atoms with van der Waals surface area (Å²) < 4.78 is 5.61. The highest BCUT2D eigenvalue weighted by Gasteiger charge is 2.20. The Morgan fingerprint density at radius 2 is 2.15 bits per heavy atom. The van der Waals surface area contributed by atoms with Crippen molar-refractivity contribution in [3.05, 3.63) is 33.9 Å². The Morgan fingerprint density at radius 3 is 2.70 bits per heavy atom. The second-order valence-corrected chi connectivity index (χ2v) is 4.97. The first kappa shape index (κ1) is 16.4. The molecular weight excluding hydrogens is 260 g/mol. The van der Waals surface area contributed by atoms with Crippen molar-refractivity contribution in [1.82, 2.24) is 5.32 Å². The van der Waals surface area contributed by atoms with E-state index in [-0.39, 0.29) is 12.3 Å². The zero-order valence-electron chi connectivity index (χ0n) is 12.2. The van der Waals surface area contributed by atoms with Crippen molar-refractivity contribution in [3.8, 4) is 5.75 Å². The molecule has 0 aliphatic rings. The molecule has 0 aromatic heterocycles. The Balaban J connectivity index is 2.90. The molecule has 1 aromatic rings. The van der Waals surface area contributed by atoms with Crippen LogP contribution in [0.2, 0.25) is 0 Å².